The lowest BCUT2D eigenvalue weighted by Gasteiger charge is -2.36. The van der Waals surface area contributed by atoms with Crippen molar-refractivity contribution in [1.29, 1.82) is 0 Å². The van der Waals surface area contributed by atoms with Gasteiger partial charge in [0.05, 0.1) is 12.0 Å². The van der Waals surface area contributed by atoms with Crippen LogP contribution in [0.15, 0.2) is 18.2 Å². The van der Waals surface area contributed by atoms with Gasteiger partial charge in [0.1, 0.15) is 11.4 Å². The number of nitro benzene ring substituents is 1. The molecule has 1 saturated heterocycles. The van der Waals surface area contributed by atoms with Gasteiger partial charge >= 0.3 is 0 Å². The summed E-state index contributed by atoms with van der Waals surface area (Å²) < 4.78 is 5.15. The largest absolute Gasteiger partial charge is 0.497 e. The number of rotatable bonds is 3. The van der Waals surface area contributed by atoms with Crippen LogP contribution in [0.1, 0.15) is 13.3 Å². The van der Waals surface area contributed by atoms with Crippen LogP contribution in [0.5, 0.6) is 5.75 Å². The zero-order chi connectivity index (χ0) is 14.0. The summed E-state index contributed by atoms with van der Waals surface area (Å²) in [6, 6.07) is 4.84. The van der Waals surface area contributed by atoms with Crippen molar-refractivity contribution in [3.05, 3.63) is 28.3 Å². The first-order valence-electron chi connectivity index (χ1n) is 6.36. The molecule has 104 valence electrons. The van der Waals surface area contributed by atoms with Crippen LogP contribution in [-0.4, -0.2) is 31.2 Å². The molecule has 2 unspecified atom stereocenters. The fourth-order valence-electron chi connectivity index (χ4n) is 2.36. The third-order valence-electron chi connectivity index (χ3n) is 3.74. The van der Waals surface area contributed by atoms with Crippen LogP contribution < -0.4 is 15.4 Å². The van der Waals surface area contributed by atoms with Gasteiger partial charge in [0.25, 0.3) is 5.69 Å². The van der Waals surface area contributed by atoms with Gasteiger partial charge in [-0.2, -0.15) is 0 Å². The van der Waals surface area contributed by atoms with Crippen molar-refractivity contribution < 1.29 is 9.66 Å². The average molecular weight is 265 g/mol. The third-order valence-corrected chi connectivity index (χ3v) is 3.74. The molecule has 0 aliphatic carbocycles. The molecule has 1 aromatic carbocycles. The molecule has 2 rings (SSSR count). The number of hydrogen-bond acceptors (Lipinski definition) is 5. The fourth-order valence-corrected chi connectivity index (χ4v) is 2.36. The van der Waals surface area contributed by atoms with E-state index < -0.39 is 0 Å². The Morgan fingerprint density at radius 3 is 2.84 bits per heavy atom. The molecule has 1 aliphatic rings. The lowest BCUT2D eigenvalue weighted by molar-refractivity contribution is -0.384. The SMILES string of the molecule is COc1ccc([N+](=O)[O-])c(N2CCC(C)C(N)C2)c1. The molecular formula is C13H19N3O3. The number of methoxy groups -OCH3 is 1. The number of anilines is 1. The molecule has 0 aromatic heterocycles. The molecular weight excluding hydrogens is 246 g/mol. The van der Waals surface area contributed by atoms with Crippen LogP contribution in [0, 0.1) is 16.0 Å². The highest BCUT2D eigenvalue weighted by molar-refractivity contribution is 5.66. The number of benzene rings is 1. The molecule has 0 radical (unpaired) electrons. The lowest BCUT2D eigenvalue weighted by Crippen LogP contribution is -2.47. The molecule has 0 bridgehead atoms. The van der Waals surface area contributed by atoms with Crippen molar-refractivity contribution in [2.75, 3.05) is 25.1 Å². The van der Waals surface area contributed by atoms with Gasteiger partial charge in [0.2, 0.25) is 0 Å². The van der Waals surface area contributed by atoms with Crippen LogP contribution in [0.4, 0.5) is 11.4 Å². The summed E-state index contributed by atoms with van der Waals surface area (Å²) in [6.45, 7) is 3.53. The van der Waals surface area contributed by atoms with E-state index in [1.54, 1.807) is 19.2 Å². The maximum atomic E-state index is 11.1. The Kier molecular flexibility index (Phi) is 3.90. The summed E-state index contributed by atoms with van der Waals surface area (Å²) in [5.41, 5.74) is 6.75. The second kappa shape index (κ2) is 5.44. The summed E-state index contributed by atoms with van der Waals surface area (Å²) >= 11 is 0. The van der Waals surface area contributed by atoms with Gasteiger partial charge in [-0.1, -0.05) is 6.92 Å². The maximum Gasteiger partial charge on any atom is 0.292 e. The summed E-state index contributed by atoms with van der Waals surface area (Å²) in [7, 11) is 1.55. The van der Waals surface area contributed by atoms with Crippen LogP contribution in [0.3, 0.4) is 0 Å². The van der Waals surface area contributed by atoms with Crippen molar-refractivity contribution >= 4 is 11.4 Å². The number of piperidine rings is 1. The lowest BCUT2D eigenvalue weighted by atomic mass is 9.94. The summed E-state index contributed by atoms with van der Waals surface area (Å²) in [6.07, 6.45) is 0.940. The van der Waals surface area contributed by atoms with E-state index in [1.807, 2.05) is 4.90 Å². The molecule has 1 aromatic rings. The van der Waals surface area contributed by atoms with Crippen molar-refractivity contribution in [3.8, 4) is 5.75 Å². The van der Waals surface area contributed by atoms with E-state index >= 15 is 0 Å². The number of ether oxygens (including phenoxy) is 1. The van der Waals surface area contributed by atoms with Crippen LogP contribution >= 0.6 is 0 Å². The Hall–Kier alpha value is -1.82. The van der Waals surface area contributed by atoms with Gasteiger partial charge in [-0.3, -0.25) is 10.1 Å². The summed E-state index contributed by atoms with van der Waals surface area (Å²) in [4.78, 5) is 12.7. The molecule has 1 fully saturated rings. The minimum atomic E-state index is -0.363. The van der Waals surface area contributed by atoms with Gasteiger partial charge in [0.15, 0.2) is 0 Å². The molecule has 0 amide bonds. The smallest absolute Gasteiger partial charge is 0.292 e. The van der Waals surface area contributed by atoms with Crippen molar-refractivity contribution in [3.63, 3.8) is 0 Å². The van der Waals surface area contributed by atoms with Gasteiger partial charge in [-0.15, -0.1) is 0 Å². The summed E-state index contributed by atoms with van der Waals surface area (Å²) in [5, 5.41) is 11.1. The van der Waals surface area contributed by atoms with E-state index in [0.29, 0.717) is 23.9 Å². The molecule has 0 saturated carbocycles. The Labute approximate surface area is 112 Å². The van der Waals surface area contributed by atoms with Crippen molar-refractivity contribution in [1.82, 2.24) is 0 Å². The molecule has 6 nitrogen and oxygen atoms in total. The fraction of sp³-hybridized carbons (Fsp3) is 0.538. The number of hydrogen-bond donors (Lipinski definition) is 1. The maximum absolute atomic E-state index is 11.1. The van der Waals surface area contributed by atoms with Crippen LogP contribution in [0.25, 0.3) is 0 Å². The Morgan fingerprint density at radius 2 is 2.26 bits per heavy atom. The standard InChI is InChI=1S/C13H19N3O3/c1-9-5-6-15(8-11(9)14)13-7-10(19-2)3-4-12(13)16(17)18/h3-4,7,9,11H,5-6,8,14H2,1-2H3. The normalized spacial score (nSPS) is 23.2. The Balaban J connectivity index is 2.34. The van der Waals surface area contributed by atoms with Gasteiger partial charge in [0, 0.05) is 31.3 Å². The minimum Gasteiger partial charge on any atom is -0.497 e. The highest BCUT2D eigenvalue weighted by atomic mass is 16.6. The second-order valence-corrected chi connectivity index (χ2v) is 4.99. The minimum absolute atomic E-state index is 0.0413. The third kappa shape index (κ3) is 2.78. The van der Waals surface area contributed by atoms with E-state index in [2.05, 4.69) is 6.92 Å². The van der Waals surface area contributed by atoms with Gasteiger partial charge in [-0.25, -0.2) is 0 Å². The molecule has 19 heavy (non-hydrogen) atoms. The molecule has 2 N–H and O–H groups in total. The quantitative estimate of drug-likeness (QED) is 0.665. The number of nitrogens with zero attached hydrogens (tertiary/aromatic N) is 2. The second-order valence-electron chi connectivity index (χ2n) is 4.99. The molecule has 1 heterocycles. The molecule has 6 heteroatoms. The zero-order valence-corrected chi connectivity index (χ0v) is 11.2. The predicted molar refractivity (Wildman–Crippen MR) is 73.6 cm³/mol. The monoisotopic (exact) mass is 265 g/mol. The highest BCUT2D eigenvalue weighted by Crippen LogP contribution is 2.34. The molecule has 0 spiro atoms. The van der Waals surface area contributed by atoms with Crippen molar-refractivity contribution in [2.45, 2.75) is 19.4 Å². The van der Waals surface area contributed by atoms with Crippen molar-refractivity contribution in [2.24, 2.45) is 11.7 Å². The van der Waals surface area contributed by atoms with E-state index in [9.17, 15) is 10.1 Å². The predicted octanol–water partition coefficient (Wildman–Crippen LogP) is 1.78. The van der Waals surface area contributed by atoms with E-state index in [0.717, 1.165) is 13.0 Å². The molecule has 2 atom stereocenters. The first kappa shape index (κ1) is 13.6. The zero-order valence-electron chi connectivity index (χ0n) is 11.2. The summed E-state index contributed by atoms with van der Waals surface area (Å²) in [5.74, 6) is 1.06. The molecule has 1 aliphatic heterocycles. The van der Waals surface area contributed by atoms with E-state index in [1.165, 1.54) is 6.07 Å². The topological polar surface area (TPSA) is 81.6 Å². The first-order valence-corrected chi connectivity index (χ1v) is 6.36. The first-order chi connectivity index (χ1) is 9.02. The average Bonchev–Trinajstić information content (AvgIpc) is 2.41. The van der Waals surface area contributed by atoms with E-state index in [4.69, 9.17) is 10.5 Å². The number of nitrogens with two attached hydrogens (primary N) is 1. The van der Waals surface area contributed by atoms with Crippen LogP contribution in [-0.2, 0) is 0 Å². The van der Waals surface area contributed by atoms with Gasteiger partial charge < -0.3 is 15.4 Å². The highest BCUT2D eigenvalue weighted by Gasteiger charge is 2.27. The Bertz CT molecular complexity index is 478. The van der Waals surface area contributed by atoms with E-state index in [-0.39, 0.29) is 16.7 Å². The number of nitro groups is 1. The van der Waals surface area contributed by atoms with Gasteiger partial charge in [-0.05, 0) is 18.4 Å². The van der Waals surface area contributed by atoms with Crippen LogP contribution in [0.2, 0.25) is 0 Å². The Morgan fingerprint density at radius 1 is 1.53 bits per heavy atom.